The van der Waals surface area contributed by atoms with Crippen molar-refractivity contribution < 1.29 is 27.8 Å². The molecular weight excluding hydrogens is 506 g/mol. The lowest BCUT2D eigenvalue weighted by molar-refractivity contribution is -0.131. The molecule has 1 aromatic heterocycles. The van der Waals surface area contributed by atoms with Crippen LogP contribution in [0, 0.1) is 11.7 Å². The Morgan fingerprint density at radius 2 is 1.74 bits per heavy atom. The average molecular weight is 545 g/mol. The number of carbonyl (C=O) groups excluding carboxylic acids is 2. The van der Waals surface area contributed by atoms with Crippen molar-refractivity contribution in [1.29, 1.82) is 0 Å². The maximum atomic E-state index is 14.9. The predicted molar refractivity (Wildman–Crippen MR) is 143 cm³/mol. The number of alkyl halides is 1. The number of aromatic nitrogens is 1. The highest BCUT2D eigenvalue weighted by molar-refractivity contribution is 5.82. The number of benzene rings is 1. The number of piperidine rings is 1. The second-order valence-corrected chi connectivity index (χ2v) is 10.8. The third-order valence-electron chi connectivity index (χ3n) is 7.43. The van der Waals surface area contributed by atoms with E-state index in [0.29, 0.717) is 49.0 Å². The van der Waals surface area contributed by atoms with Crippen LogP contribution in [0.25, 0.3) is 11.1 Å². The Morgan fingerprint density at radius 1 is 1.05 bits per heavy atom. The van der Waals surface area contributed by atoms with Crippen molar-refractivity contribution in [1.82, 2.24) is 14.8 Å². The van der Waals surface area contributed by atoms with E-state index in [2.05, 4.69) is 4.98 Å². The molecule has 3 atom stereocenters. The Labute approximate surface area is 228 Å². The van der Waals surface area contributed by atoms with E-state index in [-0.39, 0.29) is 37.2 Å². The molecule has 1 aromatic carbocycles. The van der Waals surface area contributed by atoms with E-state index in [9.17, 15) is 18.4 Å². The first kappa shape index (κ1) is 28.7. The molecule has 2 aliphatic rings. The zero-order chi connectivity index (χ0) is 28.1. The van der Waals surface area contributed by atoms with Gasteiger partial charge in [-0.1, -0.05) is 12.1 Å². The third kappa shape index (κ3) is 7.44. The van der Waals surface area contributed by atoms with E-state index >= 15 is 0 Å². The fourth-order valence-corrected chi connectivity index (χ4v) is 5.10. The van der Waals surface area contributed by atoms with Gasteiger partial charge in [0.05, 0.1) is 18.7 Å². The van der Waals surface area contributed by atoms with Gasteiger partial charge in [0.25, 0.3) is 0 Å². The fourth-order valence-electron chi connectivity index (χ4n) is 5.10. The van der Waals surface area contributed by atoms with Crippen LogP contribution in [0.15, 0.2) is 36.5 Å². The lowest BCUT2D eigenvalue weighted by Crippen LogP contribution is -2.44. The van der Waals surface area contributed by atoms with Crippen LogP contribution in [0.5, 0.6) is 5.88 Å². The molecule has 0 aliphatic carbocycles. The first-order chi connectivity index (χ1) is 18.6. The molecule has 2 fully saturated rings. The smallest absolute Gasteiger partial charge is 0.410 e. The van der Waals surface area contributed by atoms with Crippen LogP contribution in [-0.4, -0.2) is 77.4 Å². The van der Waals surface area contributed by atoms with Crippen molar-refractivity contribution in [3.8, 4) is 17.0 Å². The van der Waals surface area contributed by atoms with Crippen LogP contribution in [0.3, 0.4) is 0 Å². The fraction of sp³-hybridized carbons (Fsp3) is 0.552. The minimum atomic E-state index is -1.02. The minimum Gasteiger partial charge on any atom is -0.474 e. The third-order valence-corrected chi connectivity index (χ3v) is 7.43. The molecule has 2 saturated heterocycles. The Balaban J connectivity index is 1.29. The monoisotopic (exact) mass is 544 g/mol. The van der Waals surface area contributed by atoms with Crippen LogP contribution in [0.4, 0.5) is 13.6 Å². The van der Waals surface area contributed by atoms with Crippen molar-refractivity contribution in [2.75, 3.05) is 26.2 Å². The van der Waals surface area contributed by atoms with E-state index < -0.39 is 18.0 Å². The van der Waals surface area contributed by atoms with Crippen LogP contribution in [0.1, 0.15) is 45.6 Å². The van der Waals surface area contributed by atoms with Crippen molar-refractivity contribution in [3.63, 3.8) is 0 Å². The van der Waals surface area contributed by atoms with Gasteiger partial charge in [0.1, 0.15) is 18.1 Å². The number of carbonyl (C=O) groups is 2. The van der Waals surface area contributed by atoms with Crippen molar-refractivity contribution in [2.24, 2.45) is 11.7 Å². The molecule has 2 N–H and O–H groups in total. The lowest BCUT2D eigenvalue weighted by Gasteiger charge is -2.34. The highest BCUT2D eigenvalue weighted by Crippen LogP contribution is 2.27. The summed E-state index contributed by atoms with van der Waals surface area (Å²) in [6.07, 6.45) is 2.13. The molecule has 0 saturated carbocycles. The maximum Gasteiger partial charge on any atom is 0.410 e. The molecule has 8 nitrogen and oxygen atoms in total. The molecule has 0 radical (unpaired) electrons. The molecule has 2 aromatic rings. The van der Waals surface area contributed by atoms with Gasteiger partial charge in [0.15, 0.2) is 0 Å². The van der Waals surface area contributed by atoms with Gasteiger partial charge in [-0.2, -0.15) is 0 Å². The number of amides is 2. The normalized spacial score (nSPS) is 19.7. The average Bonchev–Trinajstić information content (AvgIpc) is 3.35. The van der Waals surface area contributed by atoms with Gasteiger partial charge in [-0.15, -0.1) is 0 Å². The number of nitrogens with zero attached hydrogens (tertiary/aromatic N) is 3. The molecule has 2 amide bonds. The molecule has 3 heterocycles. The molecular formula is C29H38F2N4O4. The number of hydrogen-bond donors (Lipinski definition) is 1. The zero-order valence-electron chi connectivity index (χ0n) is 22.8. The first-order valence-electron chi connectivity index (χ1n) is 13.7. The van der Waals surface area contributed by atoms with Gasteiger partial charge in [0.2, 0.25) is 11.8 Å². The molecule has 212 valence electrons. The molecule has 2 aliphatic heterocycles. The Kier molecular flexibility index (Phi) is 9.37. The van der Waals surface area contributed by atoms with Gasteiger partial charge in [-0.25, -0.2) is 18.6 Å². The minimum absolute atomic E-state index is 0.0408. The largest absolute Gasteiger partial charge is 0.474 e. The lowest BCUT2D eigenvalue weighted by atomic mass is 9.92. The summed E-state index contributed by atoms with van der Waals surface area (Å²) in [5, 5.41) is 0. The van der Waals surface area contributed by atoms with E-state index in [1.807, 2.05) is 26.8 Å². The Bertz CT molecular complexity index is 1140. The van der Waals surface area contributed by atoms with Crippen LogP contribution >= 0.6 is 0 Å². The second kappa shape index (κ2) is 12.7. The number of rotatable bonds is 8. The molecule has 1 unspecified atom stereocenters. The van der Waals surface area contributed by atoms with E-state index in [4.69, 9.17) is 15.2 Å². The summed E-state index contributed by atoms with van der Waals surface area (Å²) in [6.45, 7) is 7.34. The van der Waals surface area contributed by atoms with Crippen LogP contribution in [0.2, 0.25) is 0 Å². The summed E-state index contributed by atoms with van der Waals surface area (Å²) in [5.74, 6) is -0.0461. The van der Waals surface area contributed by atoms with Crippen molar-refractivity contribution in [2.45, 2.75) is 70.9 Å². The van der Waals surface area contributed by atoms with Crippen molar-refractivity contribution >= 4 is 12.0 Å². The molecule has 39 heavy (non-hydrogen) atoms. The van der Waals surface area contributed by atoms with Crippen molar-refractivity contribution in [3.05, 3.63) is 47.9 Å². The summed E-state index contributed by atoms with van der Waals surface area (Å²) in [7, 11) is 0. The van der Waals surface area contributed by atoms with Gasteiger partial charge >= 0.3 is 6.09 Å². The van der Waals surface area contributed by atoms with E-state index in [0.717, 1.165) is 18.4 Å². The maximum absolute atomic E-state index is 14.9. The molecule has 0 bridgehead atoms. The van der Waals surface area contributed by atoms with Gasteiger partial charge in [-0.05, 0) is 75.6 Å². The van der Waals surface area contributed by atoms with E-state index in [1.165, 1.54) is 11.0 Å². The zero-order valence-corrected chi connectivity index (χ0v) is 22.8. The summed E-state index contributed by atoms with van der Waals surface area (Å²) in [5.41, 5.74) is 7.71. The highest BCUT2D eigenvalue weighted by atomic mass is 19.1. The Hall–Kier alpha value is -3.27. The number of nitrogens with two attached hydrogens (primary N) is 1. The van der Waals surface area contributed by atoms with Crippen LogP contribution in [-0.2, 0) is 16.0 Å². The number of likely N-dealkylation sites (tertiary alicyclic amines) is 2. The number of ether oxygens (including phenoxy) is 2. The molecule has 4 rings (SSSR count). The predicted octanol–water partition coefficient (Wildman–Crippen LogP) is 4.35. The summed E-state index contributed by atoms with van der Waals surface area (Å²) < 4.78 is 39.6. The summed E-state index contributed by atoms with van der Waals surface area (Å²) >= 11 is 0. The first-order valence-corrected chi connectivity index (χ1v) is 13.7. The highest BCUT2D eigenvalue weighted by Gasteiger charge is 2.30. The summed E-state index contributed by atoms with van der Waals surface area (Å²) in [6, 6.07) is 7.45. The Morgan fingerprint density at radius 3 is 2.33 bits per heavy atom. The van der Waals surface area contributed by atoms with Crippen LogP contribution < -0.4 is 10.5 Å². The molecule has 0 spiro atoms. The topological polar surface area (TPSA) is 98.0 Å². The SMILES string of the molecule is CC(C)OC(=O)N1CCC([C@H](C)Oc2ccc(-c3ccc(CC(N)C(=O)N4CC[C@H](F)C4)c(F)c3)cn2)CC1. The second-order valence-electron chi connectivity index (χ2n) is 10.8. The van der Waals surface area contributed by atoms with E-state index in [1.54, 1.807) is 29.3 Å². The number of halogens is 2. The quantitative estimate of drug-likeness (QED) is 0.531. The summed E-state index contributed by atoms with van der Waals surface area (Å²) in [4.78, 5) is 32.1. The van der Waals surface area contributed by atoms with Gasteiger partial charge in [-0.3, -0.25) is 4.79 Å². The number of pyridine rings is 1. The number of hydrogen-bond acceptors (Lipinski definition) is 6. The standard InChI is InChI=1S/C29H38F2N4O4/c1-18(2)38-29(37)34-11-8-20(9-12-34)19(3)39-27-7-6-23(16-33-27)21-4-5-22(25(31)14-21)15-26(32)28(36)35-13-10-24(30)17-35/h4-7,14,16,18-20,24,26H,8-13,15,17,32H2,1-3H3/t19-,24-,26?/m0/s1. The van der Waals surface area contributed by atoms with Gasteiger partial charge < -0.3 is 25.0 Å². The molecule has 10 heteroatoms. The van der Waals surface area contributed by atoms with Gasteiger partial charge in [0, 0.05) is 37.5 Å².